The minimum absolute atomic E-state index is 0.0991. The van der Waals surface area contributed by atoms with Crippen molar-refractivity contribution in [1.82, 2.24) is 4.57 Å². The van der Waals surface area contributed by atoms with Crippen LogP contribution in [-0.2, 0) is 13.0 Å². The topological polar surface area (TPSA) is 31.2 Å². The number of carbonyl (C=O) groups excluding carboxylic acids is 1. The van der Waals surface area contributed by atoms with E-state index in [2.05, 4.69) is 35.8 Å². The zero-order valence-electron chi connectivity index (χ0n) is 15.7. The minimum Gasteiger partial charge on any atom is -0.491 e. The summed E-state index contributed by atoms with van der Waals surface area (Å²) in [5.74, 6) is 0.994. The number of carbonyl (C=O) groups is 1. The summed E-state index contributed by atoms with van der Waals surface area (Å²) in [7, 11) is 0. The fraction of sp³-hybridized carbons (Fsp3) is 0.208. The van der Waals surface area contributed by atoms with Gasteiger partial charge in [-0.15, -0.1) is 0 Å². The predicted molar refractivity (Wildman–Crippen MR) is 111 cm³/mol. The largest absolute Gasteiger partial charge is 0.491 e. The molecule has 136 valence electrons. The molecule has 0 saturated heterocycles. The molecule has 0 N–H and O–H groups in total. The molecule has 3 aromatic carbocycles. The maximum atomic E-state index is 12.1. The molecule has 0 fully saturated rings. The molecule has 0 atom stereocenters. The molecule has 0 aliphatic heterocycles. The highest BCUT2D eigenvalue weighted by Crippen LogP contribution is 2.27. The molecule has 3 heteroatoms. The van der Waals surface area contributed by atoms with Crippen LogP contribution >= 0.6 is 0 Å². The minimum atomic E-state index is 0.0991. The molecule has 0 bridgehead atoms. The number of aromatic nitrogens is 1. The van der Waals surface area contributed by atoms with Gasteiger partial charge in [0.2, 0.25) is 0 Å². The highest BCUT2D eigenvalue weighted by molar-refractivity contribution is 6.07. The molecule has 4 aromatic rings. The SMILES string of the molecule is CCc1cccc2c(C(C)=O)cn(CCOc3cccc4ccccc34)c12. The van der Waals surface area contributed by atoms with Gasteiger partial charge >= 0.3 is 0 Å². The number of ketones is 1. The van der Waals surface area contributed by atoms with E-state index >= 15 is 0 Å². The van der Waals surface area contributed by atoms with Gasteiger partial charge in [-0.05, 0) is 30.4 Å². The molecule has 4 rings (SSSR count). The van der Waals surface area contributed by atoms with E-state index in [0.717, 1.165) is 34.0 Å². The average molecular weight is 357 g/mol. The lowest BCUT2D eigenvalue weighted by Gasteiger charge is -2.12. The smallest absolute Gasteiger partial charge is 0.161 e. The standard InChI is InChI=1S/C24H23NO2/c1-3-18-9-6-12-21-22(17(2)26)16-25(24(18)21)14-15-27-23-13-7-10-19-8-4-5-11-20(19)23/h4-13,16H,3,14-15H2,1-2H3. The van der Waals surface area contributed by atoms with Crippen molar-refractivity contribution in [2.24, 2.45) is 0 Å². The van der Waals surface area contributed by atoms with Crippen LogP contribution in [-0.4, -0.2) is 17.0 Å². The van der Waals surface area contributed by atoms with Gasteiger partial charge < -0.3 is 9.30 Å². The molecule has 0 saturated carbocycles. The molecule has 27 heavy (non-hydrogen) atoms. The highest BCUT2D eigenvalue weighted by atomic mass is 16.5. The van der Waals surface area contributed by atoms with E-state index in [9.17, 15) is 4.79 Å². The number of hydrogen-bond donors (Lipinski definition) is 0. The summed E-state index contributed by atoms with van der Waals surface area (Å²) >= 11 is 0. The van der Waals surface area contributed by atoms with Crippen molar-refractivity contribution in [3.05, 3.63) is 78.0 Å². The quantitative estimate of drug-likeness (QED) is 0.418. The van der Waals surface area contributed by atoms with Crippen LogP contribution in [0.2, 0.25) is 0 Å². The Labute approximate surface area is 159 Å². The van der Waals surface area contributed by atoms with Gasteiger partial charge in [-0.25, -0.2) is 0 Å². The van der Waals surface area contributed by atoms with E-state index in [4.69, 9.17) is 4.74 Å². The first kappa shape index (κ1) is 17.3. The van der Waals surface area contributed by atoms with Crippen molar-refractivity contribution in [3.63, 3.8) is 0 Å². The number of aryl methyl sites for hydroxylation is 1. The Bertz CT molecular complexity index is 1120. The number of nitrogens with zero attached hydrogens (tertiary/aromatic N) is 1. The molecule has 0 aliphatic rings. The van der Waals surface area contributed by atoms with Crippen molar-refractivity contribution < 1.29 is 9.53 Å². The third-order valence-corrected chi connectivity index (χ3v) is 5.08. The average Bonchev–Trinajstić information content (AvgIpc) is 3.07. The molecule has 0 amide bonds. The molecule has 0 radical (unpaired) electrons. The third kappa shape index (κ3) is 3.21. The van der Waals surface area contributed by atoms with Crippen molar-refractivity contribution in [1.29, 1.82) is 0 Å². The monoisotopic (exact) mass is 357 g/mol. The zero-order chi connectivity index (χ0) is 18.8. The Balaban J connectivity index is 1.63. The molecule has 0 aliphatic carbocycles. The summed E-state index contributed by atoms with van der Waals surface area (Å²) in [6.07, 6.45) is 2.90. The lowest BCUT2D eigenvalue weighted by atomic mass is 10.1. The van der Waals surface area contributed by atoms with Crippen LogP contribution < -0.4 is 4.74 Å². The van der Waals surface area contributed by atoms with Crippen molar-refractivity contribution in [3.8, 4) is 5.75 Å². The van der Waals surface area contributed by atoms with Crippen LogP contribution in [0.4, 0.5) is 0 Å². The number of hydrogen-bond acceptors (Lipinski definition) is 2. The first-order chi connectivity index (χ1) is 13.2. The van der Waals surface area contributed by atoms with Crippen LogP contribution in [0.15, 0.2) is 66.9 Å². The van der Waals surface area contributed by atoms with Crippen molar-refractivity contribution in [2.45, 2.75) is 26.8 Å². The Morgan fingerprint density at radius 1 is 0.963 bits per heavy atom. The fourth-order valence-electron chi connectivity index (χ4n) is 3.76. The second kappa shape index (κ2) is 7.28. The summed E-state index contributed by atoms with van der Waals surface area (Å²) in [5, 5.41) is 3.33. The first-order valence-electron chi connectivity index (χ1n) is 9.41. The van der Waals surface area contributed by atoms with Gasteiger partial charge in [-0.1, -0.05) is 61.5 Å². The second-order valence-corrected chi connectivity index (χ2v) is 6.78. The lowest BCUT2D eigenvalue weighted by Crippen LogP contribution is -2.08. The first-order valence-corrected chi connectivity index (χ1v) is 9.41. The Morgan fingerprint density at radius 2 is 1.70 bits per heavy atom. The number of rotatable bonds is 6. The molecule has 1 aromatic heterocycles. The second-order valence-electron chi connectivity index (χ2n) is 6.78. The molecule has 1 heterocycles. The molecule has 0 unspecified atom stereocenters. The molecule has 3 nitrogen and oxygen atoms in total. The van der Waals surface area contributed by atoms with Gasteiger partial charge in [-0.2, -0.15) is 0 Å². The number of para-hydroxylation sites is 1. The summed E-state index contributed by atoms with van der Waals surface area (Å²) in [4.78, 5) is 12.1. The summed E-state index contributed by atoms with van der Waals surface area (Å²) in [6.45, 7) is 5.02. The van der Waals surface area contributed by atoms with Gasteiger partial charge in [0, 0.05) is 22.5 Å². The number of benzene rings is 3. The maximum Gasteiger partial charge on any atom is 0.161 e. The highest BCUT2D eigenvalue weighted by Gasteiger charge is 2.14. The van der Waals surface area contributed by atoms with Crippen LogP contribution in [0.25, 0.3) is 21.7 Å². The van der Waals surface area contributed by atoms with Crippen LogP contribution in [0.3, 0.4) is 0 Å². The summed E-state index contributed by atoms with van der Waals surface area (Å²) < 4.78 is 8.27. The Kier molecular flexibility index (Phi) is 4.68. The molecular formula is C24H23NO2. The van der Waals surface area contributed by atoms with E-state index in [1.54, 1.807) is 6.92 Å². The van der Waals surface area contributed by atoms with Crippen LogP contribution in [0, 0.1) is 0 Å². The number of fused-ring (bicyclic) bond motifs is 2. The predicted octanol–water partition coefficient (Wildman–Crippen LogP) is 5.64. The van der Waals surface area contributed by atoms with Gasteiger partial charge in [-0.3, -0.25) is 4.79 Å². The van der Waals surface area contributed by atoms with E-state index < -0.39 is 0 Å². The molecular weight excluding hydrogens is 334 g/mol. The third-order valence-electron chi connectivity index (χ3n) is 5.08. The van der Waals surface area contributed by atoms with Crippen LogP contribution in [0.5, 0.6) is 5.75 Å². The van der Waals surface area contributed by atoms with Gasteiger partial charge in [0.1, 0.15) is 12.4 Å². The summed E-state index contributed by atoms with van der Waals surface area (Å²) in [6, 6.07) is 20.6. The van der Waals surface area contributed by atoms with E-state index in [1.165, 1.54) is 10.9 Å². The van der Waals surface area contributed by atoms with Crippen LogP contribution in [0.1, 0.15) is 29.8 Å². The Hall–Kier alpha value is -3.07. The maximum absolute atomic E-state index is 12.1. The van der Waals surface area contributed by atoms with Gasteiger partial charge in [0.15, 0.2) is 5.78 Å². The zero-order valence-corrected chi connectivity index (χ0v) is 15.7. The number of ether oxygens (including phenoxy) is 1. The van der Waals surface area contributed by atoms with Crippen molar-refractivity contribution in [2.75, 3.05) is 6.61 Å². The molecule has 0 spiro atoms. The normalized spacial score (nSPS) is 11.2. The van der Waals surface area contributed by atoms with Gasteiger partial charge in [0.25, 0.3) is 0 Å². The number of Topliss-reactive ketones (excluding diaryl/α,β-unsaturated/α-hetero) is 1. The van der Waals surface area contributed by atoms with E-state index in [1.807, 2.05) is 42.6 Å². The van der Waals surface area contributed by atoms with E-state index in [-0.39, 0.29) is 5.78 Å². The summed E-state index contributed by atoms with van der Waals surface area (Å²) in [5.41, 5.74) is 3.18. The van der Waals surface area contributed by atoms with E-state index in [0.29, 0.717) is 13.2 Å². The van der Waals surface area contributed by atoms with Gasteiger partial charge in [0.05, 0.1) is 12.1 Å². The lowest BCUT2D eigenvalue weighted by molar-refractivity contribution is 0.101. The fourth-order valence-corrected chi connectivity index (χ4v) is 3.76. The van der Waals surface area contributed by atoms with Crippen molar-refractivity contribution >= 4 is 27.5 Å². The Morgan fingerprint density at radius 3 is 2.52 bits per heavy atom.